The quantitative estimate of drug-likeness (QED) is 0.0683. The SMILES string of the molecule is CCCCCCCCCCCCCCCCCC(=O)O.CCCCCCCCCCCCCCCCCCCCNC(C)C. The normalized spacial score (nSPS) is 11.2. The van der Waals surface area contributed by atoms with Gasteiger partial charge in [0.05, 0.1) is 0 Å². The van der Waals surface area contributed by atoms with Crippen LogP contribution in [-0.4, -0.2) is 23.7 Å². The highest BCUT2D eigenvalue weighted by molar-refractivity contribution is 5.66. The van der Waals surface area contributed by atoms with E-state index in [0.717, 1.165) is 12.8 Å². The Morgan fingerprint density at radius 2 is 0.636 bits per heavy atom. The van der Waals surface area contributed by atoms with Crippen LogP contribution in [0.4, 0.5) is 0 Å². The Kier molecular flexibility index (Phi) is 43.9. The monoisotopic (exact) mass is 624 g/mol. The van der Waals surface area contributed by atoms with Crippen LogP contribution < -0.4 is 5.32 Å². The number of aliphatic carboxylic acids is 1. The van der Waals surface area contributed by atoms with Crippen molar-refractivity contribution in [2.75, 3.05) is 6.54 Å². The van der Waals surface area contributed by atoms with Gasteiger partial charge in [0.2, 0.25) is 0 Å². The predicted molar refractivity (Wildman–Crippen MR) is 199 cm³/mol. The van der Waals surface area contributed by atoms with Crippen molar-refractivity contribution in [3.8, 4) is 0 Å². The first-order valence-electron chi connectivity index (χ1n) is 20.5. The summed E-state index contributed by atoms with van der Waals surface area (Å²) in [6.07, 6.45) is 46.4. The molecule has 0 fully saturated rings. The van der Waals surface area contributed by atoms with E-state index < -0.39 is 5.97 Å². The molecule has 0 atom stereocenters. The van der Waals surface area contributed by atoms with Crippen LogP contribution in [0, 0.1) is 0 Å². The Hall–Kier alpha value is -0.570. The fourth-order valence-corrected chi connectivity index (χ4v) is 6.06. The molecular weight excluding hydrogens is 538 g/mol. The second-order valence-corrected chi connectivity index (χ2v) is 14.2. The van der Waals surface area contributed by atoms with Gasteiger partial charge < -0.3 is 10.4 Å². The summed E-state index contributed by atoms with van der Waals surface area (Å²) in [5.41, 5.74) is 0. The van der Waals surface area contributed by atoms with Gasteiger partial charge in [-0.25, -0.2) is 0 Å². The molecule has 44 heavy (non-hydrogen) atoms. The minimum atomic E-state index is -0.653. The Bertz CT molecular complexity index is 507. The molecule has 0 unspecified atom stereocenters. The molecule has 0 aromatic rings. The molecule has 266 valence electrons. The van der Waals surface area contributed by atoms with E-state index in [1.807, 2.05) is 0 Å². The van der Waals surface area contributed by atoms with Crippen molar-refractivity contribution < 1.29 is 9.90 Å². The highest BCUT2D eigenvalue weighted by atomic mass is 16.4. The second kappa shape index (κ2) is 42.4. The molecule has 2 N–H and O–H groups in total. The lowest BCUT2D eigenvalue weighted by Crippen LogP contribution is -2.23. The van der Waals surface area contributed by atoms with Crippen molar-refractivity contribution in [3.05, 3.63) is 0 Å². The molecule has 0 aliphatic heterocycles. The molecule has 0 bridgehead atoms. The number of hydrogen-bond donors (Lipinski definition) is 2. The molecule has 0 rings (SSSR count). The summed E-state index contributed by atoms with van der Waals surface area (Å²) in [6.45, 7) is 10.2. The number of carbonyl (C=O) groups is 1. The Balaban J connectivity index is 0. The number of carboxylic acids is 1. The van der Waals surface area contributed by atoms with Crippen molar-refractivity contribution in [2.24, 2.45) is 0 Å². The largest absolute Gasteiger partial charge is 0.481 e. The first-order valence-corrected chi connectivity index (χ1v) is 20.5. The maximum absolute atomic E-state index is 10.3. The molecule has 0 aliphatic carbocycles. The summed E-state index contributed by atoms with van der Waals surface area (Å²) >= 11 is 0. The first kappa shape index (κ1) is 45.6. The van der Waals surface area contributed by atoms with Crippen molar-refractivity contribution in [3.63, 3.8) is 0 Å². The van der Waals surface area contributed by atoms with E-state index in [1.165, 1.54) is 206 Å². The highest BCUT2D eigenvalue weighted by Gasteiger charge is 1.98. The average molecular weight is 624 g/mol. The molecule has 0 aromatic heterocycles. The lowest BCUT2D eigenvalue weighted by atomic mass is 10.0. The van der Waals surface area contributed by atoms with E-state index in [2.05, 4.69) is 33.0 Å². The maximum Gasteiger partial charge on any atom is 0.303 e. The number of carboxylic acid groups (broad SMARTS) is 1. The van der Waals surface area contributed by atoms with Crippen molar-refractivity contribution in [2.45, 2.75) is 252 Å². The minimum absolute atomic E-state index is 0.345. The third-order valence-electron chi connectivity index (χ3n) is 9.08. The zero-order chi connectivity index (χ0) is 32.6. The Morgan fingerprint density at radius 1 is 0.409 bits per heavy atom. The van der Waals surface area contributed by atoms with Gasteiger partial charge in [-0.15, -0.1) is 0 Å². The van der Waals surface area contributed by atoms with Crippen LogP contribution in [0.5, 0.6) is 0 Å². The van der Waals surface area contributed by atoms with E-state index in [1.54, 1.807) is 0 Å². The fraction of sp³-hybridized carbons (Fsp3) is 0.976. The lowest BCUT2D eigenvalue weighted by Gasteiger charge is -2.07. The van der Waals surface area contributed by atoms with Crippen LogP contribution in [-0.2, 0) is 4.79 Å². The standard InChI is InChI=1S/C23H49N.C18H36O2/c1-4-5-6-7-8-9-10-11-12-13-14-15-16-17-18-19-20-21-22-24-23(2)3;1-2-3-4-5-6-7-8-9-10-11-12-13-14-15-16-17-18(19)20/h23-24H,4-22H2,1-3H3;2-17H2,1H3,(H,19,20). The molecule has 0 heterocycles. The molecular formula is C41H85NO2. The van der Waals surface area contributed by atoms with Gasteiger partial charge in [-0.05, 0) is 19.4 Å². The van der Waals surface area contributed by atoms with E-state index in [4.69, 9.17) is 5.11 Å². The minimum Gasteiger partial charge on any atom is -0.481 e. The summed E-state index contributed by atoms with van der Waals surface area (Å²) in [6, 6.07) is 0.649. The van der Waals surface area contributed by atoms with E-state index in [9.17, 15) is 4.79 Å². The van der Waals surface area contributed by atoms with Crippen molar-refractivity contribution >= 4 is 5.97 Å². The van der Waals surface area contributed by atoms with Crippen LogP contribution in [0.25, 0.3) is 0 Å². The Labute approximate surface area is 279 Å². The van der Waals surface area contributed by atoms with Gasteiger partial charge in [0.25, 0.3) is 0 Å². The van der Waals surface area contributed by atoms with Crippen LogP contribution in [0.15, 0.2) is 0 Å². The first-order chi connectivity index (χ1) is 21.5. The smallest absolute Gasteiger partial charge is 0.303 e. The molecule has 0 amide bonds. The van der Waals surface area contributed by atoms with Crippen LogP contribution in [0.3, 0.4) is 0 Å². The van der Waals surface area contributed by atoms with Gasteiger partial charge in [-0.2, -0.15) is 0 Å². The van der Waals surface area contributed by atoms with Gasteiger partial charge in [-0.1, -0.05) is 227 Å². The third kappa shape index (κ3) is 48.3. The molecule has 0 spiro atoms. The van der Waals surface area contributed by atoms with Crippen molar-refractivity contribution in [1.29, 1.82) is 0 Å². The van der Waals surface area contributed by atoms with E-state index >= 15 is 0 Å². The number of nitrogens with one attached hydrogen (secondary N) is 1. The molecule has 0 saturated carbocycles. The summed E-state index contributed by atoms with van der Waals surface area (Å²) in [5.74, 6) is -0.653. The molecule has 0 saturated heterocycles. The number of rotatable bonds is 36. The fourth-order valence-electron chi connectivity index (χ4n) is 6.06. The molecule has 3 heteroatoms. The number of unbranched alkanes of at least 4 members (excludes halogenated alkanes) is 31. The van der Waals surface area contributed by atoms with Gasteiger partial charge in [0, 0.05) is 12.5 Å². The number of hydrogen-bond acceptors (Lipinski definition) is 2. The summed E-state index contributed by atoms with van der Waals surface area (Å²) < 4.78 is 0. The molecule has 0 aromatic carbocycles. The third-order valence-corrected chi connectivity index (χ3v) is 9.08. The second-order valence-electron chi connectivity index (χ2n) is 14.2. The van der Waals surface area contributed by atoms with Crippen LogP contribution in [0.2, 0.25) is 0 Å². The lowest BCUT2D eigenvalue weighted by molar-refractivity contribution is -0.137. The van der Waals surface area contributed by atoms with E-state index in [0.29, 0.717) is 12.5 Å². The van der Waals surface area contributed by atoms with Crippen LogP contribution in [0.1, 0.15) is 246 Å². The molecule has 0 aliphatic rings. The average Bonchev–Trinajstić information content (AvgIpc) is 3.00. The summed E-state index contributed by atoms with van der Waals surface area (Å²) in [7, 11) is 0. The van der Waals surface area contributed by atoms with E-state index in [-0.39, 0.29) is 0 Å². The van der Waals surface area contributed by atoms with Gasteiger partial charge in [-0.3, -0.25) is 4.79 Å². The van der Waals surface area contributed by atoms with Gasteiger partial charge in [0.1, 0.15) is 0 Å². The zero-order valence-corrected chi connectivity index (χ0v) is 31.2. The van der Waals surface area contributed by atoms with Gasteiger partial charge >= 0.3 is 5.97 Å². The molecule has 3 nitrogen and oxygen atoms in total. The summed E-state index contributed by atoms with van der Waals surface area (Å²) in [5, 5.41) is 12.0. The van der Waals surface area contributed by atoms with Crippen molar-refractivity contribution in [1.82, 2.24) is 5.32 Å². The molecule has 0 radical (unpaired) electrons. The maximum atomic E-state index is 10.3. The van der Waals surface area contributed by atoms with Gasteiger partial charge in [0.15, 0.2) is 0 Å². The highest BCUT2D eigenvalue weighted by Crippen LogP contribution is 2.15. The topological polar surface area (TPSA) is 49.3 Å². The summed E-state index contributed by atoms with van der Waals surface area (Å²) in [4.78, 5) is 10.3. The predicted octanol–water partition coefficient (Wildman–Crippen LogP) is 14.4. The van der Waals surface area contributed by atoms with Crippen LogP contribution >= 0.6 is 0 Å². The Morgan fingerprint density at radius 3 is 0.864 bits per heavy atom. The zero-order valence-electron chi connectivity index (χ0n) is 31.2.